The van der Waals surface area contributed by atoms with Gasteiger partial charge in [-0.05, 0) is 33.3 Å². The number of nitrogens with one attached hydrogen (secondary N) is 1. The summed E-state index contributed by atoms with van der Waals surface area (Å²) in [5.41, 5.74) is 0.933. The van der Waals surface area contributed by atoms with Crippen molar-refractivity contribution >= 4 is 23.5 Å². The van der Waals surface area contributed by atoms with Gasteiger partial charge in [-0.2, -0.15) is 0 Å². The van der Waals surface area contributed by atoms with Crippen LogP contribution in [0, 0.1) is 0 Å². The van der Waals surface area contributed by atoms with Crippen LogP contribution in [0.4, 0.5) is 10.5 Å². The van der Waals surface area contributed by atoms with Gasteiger partial charge in [0.2, 0.25) is 0 Å². The second-order valence-corrected chi connectivity index (χ2v) is 6.62. The topological polar surface area (TPSA) is 77.0 Å². The molecular formula is C18H24N2O4. The molecule has 1 aliphatic heterocycles. The number of benzene rings is 1. The highest BCUT2D eigenvalue weighted by Gasteiger charge is 2.35. The number of rotatable bonds is 5. The minimum Gasteiger partial charge on any atom is -0.455 e. The predicted molar refractivity (Wildman–Crippen MR) is 91.5 cm³/mol. The lowest BCUT2D eigenvalue weighted by molar-refractivity contribution is -0.146. The number of hydrogen-bond acceptors (Lipinski definition) is 5. The van der Waals surface area contributed by atoms with E-state index in [0.717, 1.165) is 18.4 Å². The molecule has 1 aromatic rings. The third-order valence-electron chi connectivity index (χ3n) is 3.36. The summed E-state index contributed by atoms with van der Waals surface area (Å²) in [7, 11) is 0. The van der Waals surface area contributed by atoms with Gasteiger partial charge in [-0.15, -0.1) is 0 Å². The second-order valence-electron chi connectivity index (χ2n) is 6.62. The molecule has 1 aromatic carbocycles. The van der Waals surface area contributed by atoms with Gasteiger partial charge < -0.3 is 14.8 Å². The first kappa shape index (κ1) is 18.0. The number of esters is 1. The van der Waals surface area contributed by atoms with E-state index >= 15 is 0 Å². The molecule has 1 N–H and O–H groups in total. The number of hydrogen-bond donors (Lipinski definition) is 1. The maximum Gasteiger partial charge on any atom is 0.407 e. The minimum absolute atomic E-state index is 0.165. The van der Waals surface area contributed by atoms with E-state index in [1.165, 1.54) is 0 Å². The molecule has 0 saturated carbocycles. The fraction of sp³-hybridized carbons (Fsp3) is 0.500. The number of aliphatic imine (C=N–C) groups is 1. The van der Waals surface area contributed by atoms with Crippen LogP contribution in [0.3, 0.4) is 0 Å². The molecule has 0 fully saturated rings. The highest BCUT2D eigenvalue weighted by molar-refractivity contribution is 6.40. The SMILES string of the molecule is CCCCOC(=O)NC1C(C(=O)OC(C)(C)C)=Nc2ccccc21. The van der Waals surface area contributed by atoms with Gasteiger partial charge in [-0.3, -0.25) is 0 Å². The van der Waals surface area contributed by atoms with Gasteiger partial charge in [0, 0.05) is 5.56 Å². The van der Waals surface area contributed by atoms with Crippen LogP contribution in [0.5, 0.6) is 0 Å². The quantitative estimate of drug-likeness (QED) is 0.659. The van der Waals surface area contributed by atoms with Crippen LogP contribution in [-0.4, -0.2) is 30.0 Å². The van der Waals surface area contributed by atoms with E-state index in [2.05, 4.69) is 10.3 Å². The van der Waals surface area contributed by atoms with Gasteiger partial charge in [-0.1, -0.05) is 31.5 Å². The van der Waals surface area contributed by atoms with Crippen LogP contribution >= 0.6 is 0 Å². The molecule has 6 nitrogen and oxygen atoms in total. The van der Waals surface area contributed by atoms with Crippen molar-refractivity contribution < 1.29 is 19.1 Å². The van der Waals surface area contributed by atoms with Crippen molar-refractivity contribution in [1.29, 1.82) is 0 Å². The lowest BCUT2D eigenvalue weighted by Gasteiger charge is -2.22. The number of unbranched alkanes of at least 4 members (excludes halogenated alkanes) is 1. The fourth-order valence-electron chi connectivity index (χ4n) is 2.28. The molecule has 1 amide bonds. The van der Waals surface area contributed by atoms with Gasteiger partial charge in [0.25, 0.3) is 0 Å². The van der Waals surface area contributed by atoms with Crippen LogP contribution in [0.1, 0.15) is 52.1 Å². The molecule has 0 saturated heterocycles. The summed E-state index contributed by atoms with van der Waals surface area (Å²) < 4.78 is 10.5. The monoisotopic (exact) mass is 332 g/mol. The lowest BCUT2D eigenvalue weighted by Crippen LogP contribution is -2.38. The summed E-state index contributed by atoms with van der Waals surface area (Å²) >= 11 is 0. The standard InChI is InChI=1S/C18H24N2O4/c1-5-6-11-23-17(22)20-14-12-9-7-8-10-13(12)19-15(14)16(21)24-18(2,3)4/h7-10,14H,5-6,11H2,1-4H3,(H,20,22). The van der Waals surface area contributed by atoms with Crippen LogP contribution in [0.25, 0.3) is 0 Å². The van der Waals surface area contributed by atoms with Gasteiger partial charge in [0.05, 0.1) is 12.3 Å². The van der Waals surface area contributed by atoms with Gasteiger partial charge >= 0.3 is 12.1 Å². The number of amides is 1. The first-order valence-corrected chi connectivity index (χ1v) is 8.16. The minimum atomic E-state index is -0.662. The van der Waals surface area contributed by atoms with Crippen molar-refractivity contribution in [3.8, 4) is 0 Å². The van der Waals surface area contributed by atoms with Crippen LogP contribution in [0.15, 0.2) is 29.3 Å². The Bertz CT molecular complexity index is 647. The van der Waals surface area contributed by atoms with Crippen LogP contribution in [-0.2, 0) is 14.3 Å². The molecule has 2 rings (SSSR count). The van der Waals surface area contributed by atoms with Crippen molar-refractivity contribution in [2.45, 2.75) is 52.2 Å². The number of carbonyl (C=O) groups excluding carboxylic acids is 2. The highest BCUT2D eigenvalue weighted by Crippen LogP contribution is 2.34. The van der Waals surface area contributed by atoms with E-state index in [1.54, 1.807) is 26.8 Å². The number of alkyl carbamates (subject to hydrolysis) is 1. The summed E-state index contributed by atoms with van der Waals surface area (Å²) in [4.78, 5) is 28.8. The molecule has 0 spiro atoms. The molecule has 0 aromatic heterocycles. The summed E-state index contributed by atoms with van der Waals surface area (Å²) in [5, 5.41) is 2.72. The van der Waals surface area contributed by atoms with E-state index in [-0.39, 0.29) is 5.71 Å². The average Bonchev–Trinajstić information content (AvgIpc) is 2.85. The van der Waals surface area contributed by atoms with Crippen molar-refractivity contribution in [2.24, 2.45) is 4.99 Å². The molecule has 1 atom stereocenters. The van der Waals surface area contributed by atoms with Crippen molar-refractivity contribution in [2.75, 3.05) is 6.61 Å². The molecule has 0 aliphatic carbocycles. The second kappa shape index (κ2) is 7.47. The zero-order valence-electron chi connectivity index (χ0n) is 14.6. The molecule has 24 heavy (non-hydrogen) atoms. The first-order valence-electron chi connectivity index (χ1n) is 8.16. The molecule has 1 aliphatic rings. The van der Waals surface area contributed by atoms with E-state index in [4.69, 9.17) is 9.47 Å². The Hall–Kier alpha value is -2.37. The molecule has 0 radical (unpaired) electrons. The Kier molecular flexibility index (Phi) is 5.59. The summed E-state index contributed by atoms with van der Waals surface area (Å²) in [6.45, 7) is 7.72. The number of nitrogens with zero attached hydrogens (tertiary/aromatic N) is 1. The van der Waals surface area contributed by atoms with Gasteiger partial charge in [0.1, 0.15) is 11.6 Å². The predicted octanol–water partition coefficient (Wildman–Crippen LogP) is 3.68. The average molecular weight is 332 g/mol. The Morgan fingerprint density at radius 1 is 1.25 bits per heavy atom. The summed E-state index contributed by atoms with van der Waals surface area (Å²) in [5.74, 6) is -0.544. The van der Waals surface area contributed by atoms with Gasteiger partial charge in [0.15, 0.2) is 5.71 Å². The van der Waals surface area contributed by atoms with E-state index in [0.29, 0.717) is 12.3 Å². The van der Waals surface area contributed by atoms with Crippen molar-refractivity contribution in [3.05, 3.63) is 29.8 Å². The molecular weight excluding hydrogens is 308 g/mol. The third-order valence-corrected chi connectivity index (χ3v) is 3.36. The normalized spacial score (nSPS) is 16.2. The van der Waals surface area contributed by atoms with Crippen molar-refractivity contribution in [1.82, 2.24) is 5.32 Å². The molecule has 1 heterocycles. The van der Waals surface area contributed by atoms with E-state index in [1.807, 2.05) is 25.1 Å². The third kappa shape index (κ3) is 4.57. The Balaban J connectivity index is 2.16. The Morgan fingerprint density at radius 3 is 2.62 bits per heavy atom. The van der Waals surface area contributed by atoms with E-state index < -0.39 is 23.7 Å². The van der Waals surface area contributed by atoms with Crippen molar-refractivity contribution in [3.63, 3.8) is 0 Å². The van der Waals surface area contributed by atoms with E-state index in [9.17, 15) is 9.59 Å². The fourth-order valence-corrected chi connectivity index (χ4v) is 2.28. The molecule has 6 heteroatoms. The smallest absolute Gasteiger partial charge is 0.407 e. The Morgan fingerprint density at radius 2 is 1.96 bits per heavy atom. The first-order chi connectivity index (χ1) is 11.3. The molecule has 130 valence electrons. The number of ether oxygens (including phenoxy) is 2. The summed E-state index contributed by atoms with van der Waals surface area (Å²) in [6, 6.07) is 6.63. The highest BCUT2D eigenvalue weighted by atomic mass is 16.6. The molecule has 0 bridgehead atoms. The van der Waals surface area contributed by atoms with Crippen LogP contribution < -0.4 is 5.32 Å². The summed E-state index contributed by atoms with van der Waals surface area (Å²) in [6.07, 6.45) is 1.16. The maximum atomic E-state index is 12.4. The maximum absolute atomic E-state index is 12.4. The van der Waals surface area contributed by atoms with Crippen LogP contribution in [0.2, 0.25) is 0 Å². The number of para-hydroxylation sites is 1. The van der Waals surface area contributed by atoms with Gasteiger partial charge in [-0.25, -0.2) is 14.6 Å². The largest absolute Gasteiger partial charge is 0.455 e. The lowest BCUT2D eigenvalue weighted by atomic mass is 10.0. The number of fused-ring (bicyclic) bond motifs is 1. The zero-order chi connectivity index (χ0) is 17.7. The molecule has 1 unspecified atom stereocenters. The Labute approximate surface area is 142 Å². The number of carbonyl (C=O) groups is 2. The zero-order valence-corrected chi connectivity index (χ0v) is 14.6.